The predicted octanol–water partition coefficient (Wildman–Crippen LogP) is 4.11. The van der Waals surface area contributed by atoms with Crippen molar-refractivity contribution in [3.05, 3.63) is 16.1 Å². The third-order valence-electron chi connectivity index (χ3n) is 3.32. The van der Waals surface area contributed by atoms with Crippen LogP contribution in [0.25, 0.3) is 0 Å². The molecule has 5 heteroatoms. The number of aromatic nitrogens is 1. The summed E-state index contributed by atoms with van der Waals surface area (Å²) in [6, 6.07) is 0.373. The second-order valence-corrected chi connectivity index (χ2v) is 8.64. The van der Waals surface area contributed by atoms with Crippen molar-refractivity contribution >= 4 is 34.9 Å². The van der Waals surface area contributed by atoms with Gasteiger partial charge in [0.25, 0.3) is 0 Å². The van der Waals surface area contributed by atoms with Crippen molar-refractivity contribution in [2.45, 2.75) is 49.5 Å². The van der Waals surface area contributed by atoms with Crippen LogP contribution in [0.4, 0.5) is 0 Å². The third-order valence-corrected chi connectivity index (χ3v) is 7.84. The van der Waals surface area contributed by atoms with Gasteiger partial charge in [0.05, 0.1) is 10.9 Å². The summed E-state index contributed by atoms with van der Waals surface area (Å²) in [5, 5.41) is 9.05. The fourth-order valence-electron chi connectivity index (χ4n) is 1.97. The molecule has 2 rings (SSSR count). The van der Waals surface area contributed by atoms with E-state index >= 15 is 0 Å². The first-order chi connectivity index (χ1) is 8.61. The molecular weight excluding hydrogens is 280 g/mol. The molecule has 0 aromatic carbocycles. The summed E-state index contributed by atoms with van der Waals surface area (Å²) in [5.41, 5.74) is 1.20. The molecule has 0 amide bonds. The highest BCUT2D eigenvalue weighted by molar-refractivity contribution is 8.07. The molecule has 4 atom stereocenters. The van der Waals surface area contributed by atoms with E-state index in [9.17, 15) is 0 Å². The Labute approximate surface area is 123 Å². The van der Waals surface area contributed by atoms with Gasteiger partial charge < -0.3 is 5.32 Å². The summed E-state index contributed by atoms with van der Waals surface area (Å²) in [5.74, 6) is 1.21. The Balaban J connectivity index is 2.01. The maximum Gasteiger partial charge on any atom is 0.107 e. The Hall–Kier alpha value is 0.290. The standard InChI is InChI=1S/C13H22N2S3/c1-5-14-8(2)11-6-17-13(15-11)12-7-16-9(3)10(4)18-12/h6,8-10,12,14H,5,7H2,1-4H3. The Morgan fingerprint density at radius 2 is 2.22 bits per heavy atom. The zero-order chi connectivity index (χ0) is 13.1. The summed E-state index contributed by atoms with van der Waals surface area (Å²) < 4.78 is 0. The summed E-state index contributed by atoms with van der Waals surface area (Å²) >= 11 is 6.01. The van der Waals surface area contributed by atoms with Gasteiger partial charge in [0.1, 0.15) is 5.01 Å². The third kappa shape index (κ3) is 3.44. The molecule has 1 aromatic heterocycles. The van der Waals surface area contributed by atoms with Crippen molar-refractivity contribution in [2.24, 2.45) is 0 Å². The van der Waals surface area contributed by atoms with Gasteiger partial charge in [-0.25, -0.2) is 4.98 Å². The SMILES string of the molecule is CCNC(C)c1csc(C2CSC(C)C(C)S2)n1. The molecule has 0 saturated carbocycles. The van der Waals surface area contributed by atoms with Crippen LogP contribution in [0, 0.1) is 0 Å². The van der Waals surface area contributed by atoms with Crippen molar-refractivity contribution < 1.29 is 0 Å². The van der Waals surface area contributed by atoms with Crippen molar-refractivity contribution in [2.75, 3.05) is 12.3 Å². The molecule has 0 bridgehead atoms. The average Bonchev–Trinajstić information content (AvgIpc) is 2.82. The lowest BCUT2D eigenvalue weighted by Crippen LogP contribution is -2.22. The maximum atomic E-state index is 4.83. The lowest BCUT2D eigenvalue weighted by atomic mass is 10.2. The molecule has 1 aliphatic rings. The van der Waals surface area contributed by atoms with Crippen LogP contribution in [0.15, 0.2) is 5.38 Å². The molecular formula is C13H22N2S3. The number of nitrogens with one attached hydrogen (secondary N) is 1. The summed E-state index contributed by atoms with van der Waals surface area (Å²) in [7, 11) is 0. The minimum atomic E-state index is 0.373. The van der Waals surface area contributed by atoms with E-state index in [4.69, 9.17) is 4.98 Å². The highest BCUT2D eigenvalue weighted by atomic mass is 32.2. The van der Waals surface area contributed by atoms with Crippen LogP contribution in [-0.2, 0) is 0 Å². The molecule has 2 heterocycles. The van der Waals surface area contributed by atoms with Crippen LogP contribution in [0.2, 0.25) is 0 Å². The summed E-state index contributed by atoms with van der Waals surface area (Å²) in [6.07, 6.45) is 0. The van der Waals surface area contributed by atoms with E-state index < -0.39 is 0 Å². The first-order valence-corrected chi connectivity index (χ1v) is 9.44. The zero-order valence-corrected chi connectivity index (χ0v) is 13.9. The van der Waals surface area contributed by atoms with E-state index in [1.165, 1.54) is 16.5 Å². The van der Waals surface area contributed by atoms with Crippen LogP contribution in [0.5, 0.6) is 0 Å². The zero-order valence-electron chi connectivity index (χ0n) is 11.5. The van der Waals surface area contributed by atoms with Crippen LogP contribution in [-0.4, -0.2) is 27.8 Å². The van der Waals surface area contributed by atoms with Crippen molar-refractivity contribution in [3.8, 4) is 0 Å². The Kier molecular flexibility index (Phi) is 5.42. The van der Waals surface area contributed by atoms with E-state index in [2.05, 4.69) is 61.9 Å². The largest absolute Gasteiger partial charge is 0.309 e. The summed E-state index contributed by atoms with van der Waals surface area (Å²) in [6.45, 7) is 10.00. The van der Waals surface area contributed by atoms with Gasteiger partial charge in [-0.2, -0.15) is 11.8 Å². The molecule has 18 heavy (non-hydrogen) atoms. The van der Waals surface area contributed by atoms with E-state index in [0.29, 0.717) is 11.3 Å². The molecule has 0 radical (unpaired) electrons. The number of thiazole rings is 1. The monoisotopic (exact) mass is 302 g/mol. The normalized spacial score (nSPS) is 30.3. The lowest BCUT2D eigenvalue weighted by molar-refractivity contribution is 0.585. The van der Waals surface area contributed by atoms with Gasteiger partial charge in [-0.15, -0.1) is 23.1 Å². The van der Waals surface area contributed by atoms with Gasteiger partial charge in [0, 0.05) is 27.7 Å². The Morgan fingerprint density at radius 1 is 1.44 bits per heavy atom. The van der Waals surface area contributed by atoms with Gasteiger partial charge in [-0.3, -0.25) is 0 Å². The first-order valence-electron chi connectivity index (χ1n) is 6.57. The smallest absolute Gasteiger partial charge is 0.107 e. The Bertz CT molecular complexity index is 380. The summed E-state index contributed by atoms with van der Waals surface area (Å²) in [4.78, 5) is 4.83. The van der Waals surface area contributed by atoms with Gasteiger partial charge in [0.2, 0.25) is 0 Å². The highest BCUT2D eigenvalue weighted by Crippen LogP contribution is 2.45. The molecule has 1 fully saturated rings. The predicted molar refractivity (Wildman–Crippen MR) is 85.9 cm³/mol. The minimum Gasteiger partial charge on any atom is -0.309 e. The second-order valence-electron chi connectivity index (χ2n) is 4.76. The lowest BCUT2D eigenvalue weighted by Gasteiger charge is -2.30. The molecule has 102 valence electrons. The van der Waals surface area contributed by atoms with Gasteiger partial charge in [-0.05, 0) is 13.5 Å². The molecule has 1 aliphatic heterocycles. The molecule has 4 unspecified atom stereocenters. The minimum absolute atomic E-state index is 0.373. The van der Waals surface area contributed by atoms with E-state index in [-0.39, 0.29) is 0 Å². The molecule has 0 aliphatic carbocycles. The topological polar surface area (TPSA) is 24.9 Å². The maximum absolute atomic E-state index is 4.83. The van der Waals surface area contributed by atoms with Crippen molar-refractivity contribution in [1.29, 1.82) is 0 Å². The number of hydrogen-bond donors (Lipinski definition) is 1. The van der Waals surface area contributed by atoms with Gasteiger partial charge in [0.15, 0.2) is 0 Å². The Morgan fingerprint density at radius 3 is 2.89 bits per heavy atom. The van der Waals surface area contributed by atoms with Crippen LogP contribution < -0.4 is 5.32 Å². The molecule has 1 aromatic rings. The van der Waals surface area contributed by atoms with Crippen molar-refractivity contribution in [3.63, 3.8) is 0 Å². The van der Waals surface area contributed by atoms with Crippen LogP contribution in [0.1, 0.15) is 49.7 Å². The van der Waals surface area contributed by atoms with Crippen molar-refractivity contribution in [1.82, 2.24) is 10.3 Å². The fourth-order valence-corrected chi connectivity index (χ4v) is 6.10. The van der Waals surface area contributed by atoms with E-state index in [1.807, 2.05) is 11.3 Å². The highest BCUT2D eigenvalue weighted by Gasteiger charge is 2.28. The quantitative estimate of drug-likeness (QED) is 0.904. The fraction of sp³-hybridized carbons (Fsp3) is 0.769. The van der Waals surface area contributed by atoms with Crippen LogP contribution >= 0.6 is 34.9 Å². The molecule has 1 saturated heterocycles. The molecule has 2 nitrogen and oxygen atoms in total. The van der Waals surface area contributed by atoms with Gasteiger partial charge in [-0.1, -0.05) is 20.8 Å². The van der Waals surface area contributed by atoms with E-state index in [1.54, 1.807) is 0 Å². The van der Waals surface area contributed by atoms with Crippen LogP contribution in [0.3, 0.4) is 0 Å². The molecule has 0 spiro atoms. The number of rotatable bonds is 4. The number of thioether (sulfide) groups is 2. The first kappa shape index (κ1) is 14.7. The van der Waals surface area contributed by atoms with Gasteiger partial charge >= 0.3 is 0 Å². The van der Waals surface area contributed by atoms with E-state index in [0.717, 1.165) is 17.0 Å². The molecule has 1 N–H and O–H groups in total. The number of hydrogen-bond acceptors (Lipinski definition) is 5. The average molecular weight is 303 g/mol. The number of nitrogens with zero attached hydrogens (tertiary/aromatic N) is 1. The second kappa shape index (κ2) is 6.64.